The van der Waals surface area contributed by atoms with Gasteiger partial charge in [-0.3, -0.25) is 9.59 Å². The molecule has 2 aliphatic carbocycles. The van der Waals surface area contributed by atoms with E-state index in [9.17, 15) is 9.59 Å². The number of carbonyl (C=O) groups excluding carboxylic acids is 2. The Hall–Kier alpha value is -1.35. The molecular weight excluding hydrogens is 274 g/mol. The number of amides is 1. The summed E-state index contributed by atoms with van der Waals surface area (Å²) >= 11 is 5.83. The van der Waals surface area contributed by atoms with Crippen LogP contribution >= 0.6 is 11.6 Å². The first kappa shape index (κ1) is 13.6. The smallest absolute Gasteiger partial charge is 0.238 e. The molecular formula is C16H18ClNO2. The van der Waals surface area contributed by atoms with E-state index in [0.717, 1.165) is 6.42 Å². The zero-order chi connectivity index (χ0) is 14.5. The van der Waals surface area contributed by atoms with Crippen LogP contribution in [0.5, 0.6) is 0 Å². The van der Waals surface area contributed by atoms with Crippen LogP contribution in [0.1, 0.15) is 33.1 Å². The largest absolute Gasteiger partial charge is 0.325 e. The van der Waals surface area contributed by atoms with Crippen molar-refractivity contribution < 1.29 is 9.59 Å². The molecule has 1 N–H and O–H groups in total. The Labute approximate surface area is 123 Å². The second kappa shape index (κ2) is 4.32. The first-order chi connectivity index (χ1) is 9.36. The van der Waals surface area contributed by atoms with Crippen molar-refractivity contribution >= 4 is 29.0 Å². The quantitative estimate of drug-likeness (QED) is 0.845. The molecule has 3 nitrogen and oxygen atoms in total. The summed E-state index contributed by atoms with van der Waals surface area (Å²) in [4.78, 5) is 25.2. The van der Waals surface area contributed by atoms with E-state index in [4.69, 9.17) is 11.6 Å². The minimum absolute atomic E-state index is 0.104. The molecule has 0 spiro atoms. The minimum atomic E-state index is -0.812. The highest BCUT2D eigenvalue weighted by atomic mass is 35.5. The fraction of sp³-hybridized carbons (Fsp3) is 0.500. The molecule has 106 valence electrons. The molecule has 0 heterocycles. The third-order valence-electron chi connectivity index (χ3n) is 5.09. The lowest BCUT2D eigenvalue weighted by atomic mass is 9.70. The minimum Gasteiger partial charge on any atom is -0.325 e. The van der Waals surface area contributed by atoms with Gasteiger partial charge >= 0.3 is 0 Å². The highest BCUT2D eigenvalue weighted by Crippen LogP contribution is 2.60. The van der Waals surface area contributed by atoms with Gasteiger partial charge in [-0.1, -0.05) is 25.4 Å². The Morgan fingerprint density at radius 2 is 1.95 bits per heavy atom. The summed E-state index contributed by atoms with van der Waals surface area (Å²) in [6.07, 6.45) is 2.34. The van der Waals surface area contributed by atoms with Crippen LogP contribution in [0.15, 0.2) is 24.3 Å². The lowest BCUT2D eigenvalue weighted by molar-refractivity contribution is -0.142. The zero-order valence-electron chi connectivity index (χ0n) is 11.7. The summed E-state index contributed by atoms with van der Waals surface area (Å²) in [5.74, 6) is 0.288. The predicted molar refractivity (Wildman–Crippen MR) is 78.6 cm³/mol. The van der Waals surface area contributed by atoms with Crippen molar-refractivity contribution in [2.24, 2.45) is 16.7 Å². The Morgan fingerprint density at radius 3 is 2.50 bits per heavy atom. The second-order valence-electron chi connectivity index (χ2n) is 6.53. The Kier molecular flexibility index (Phi) is 2.94. The van der Waals surface area contributed by atoms with Gasteiger partial charge in [-0.05, 0) is 49.4 Å². The fourth-order valence-corrected chi connectivity index (χ4v) is 3.89. The zero-order valence-corrected chi connectivity index (χ0v) is 12.5. The van der Waals surface area contributed by atoms with Gasteiger partial charge in [0.1, 0.15) is 5.41 Å². The van der Waals surface area contributed by atoms with Crippen LogP contribution in [0.2, 0.25) is 5.02 Å². The molecule has 0 radical (unpaired) electrons. The SMILES string of the molecule is CC1(C)C(=O)[C@@]2(C(=O)Nc3ccc(Cl)cc3)CC[C@@H]1C2. The number of hydrogen-bond acceptors (Lipinski definition) is 2. The standard InChI is InChI=1S/C16H18ClNO2/c1-15(2)10-7-8-16(9-10,13(15)19)14(20)18-12-5-3-11(17)4-6-12/h3-6,10H,7-9H2,1-2H3,(H,18,20)/t10-,16-/m1/s1. The van der Waals surface area contributed by atoms with Crippen molar-refractivity contribution in [3.63, 3.8) is 0 Å². The molecule has 2 saturated carbocycles. The average molecular weight is 292 g/mol. The molecule has 0 aromatic heterocycles. The summed E-state index contributed by atoms with van der Waals surface area (Å²) < 4.78 is 0. The average Bonchev–Trinajstić information content (AvgIpc) is 2.93. The van der Waals surface area contributed by atoms with E-state index in [-0.39, 0.29) is 17.1 Å². The molecule has 0 saturated heterocycles. The van der Waals surface area contributed by atoms with E-state index in [0.29, 0.717) is 29.5 Å². The second-order valence-corrected chi connectivity index (χ2v) is 6.97. The van der Waals surface area contributed by atoms with E-state index < -0.39 is 5.41 Å². The van der Waals surface area contributed by atoms with E-state index in [1.54, 1.807) is 24.3 Å². The Morgan fingerprint density at radius 1 is 1.30 bits per heavy atom. The molecule has 0 unspecified atom stereocenters. The summed E-state index contributed by atoms with van der Waals surface area (Å²) in [6.45, 7) is 3.94. The van der Waals surface area contributed by atoms with Crippen molar-refractivity contribution in [1.82, 2.24) is 0 Å². The van der Waals surface area contributed by atoms with Crippen molar-refractivity contribution in [1.29, 1.82) is 0 Å². The summed E-state index contributed by atoms with van der Waals surface area (Å²) in [7, 11) is 0. The maximum absolute atomic E-state index is 12.6. The van der Waals surface area contributed by atoms with Gasteiger partial charge in [-0.2, -0.15) is 0 Å². The maximum atomic E-state index is 12.6. The number of benzene rings is 1. The van der Waals surface area contributed by atoms with E-state index in [1.807, 2.05) is 13.8 Å². The van der Waals surface area contributed by atoms with Gasteiger partial charge in [0.25, 0.3) is 0 Å². The van der Waals surface area contributed by atoms with Gasteiger partial charge in [0.2, 0.25) is 5.91 Å². The molecule has 0 aliphatic heterocycles. The van der Waals surface area contributed by atoms with E-state index >= 15 is 0 Å². The number of halogens is 1. The lowest BCUT2D eigenvalue weighted by Gasteiger charge is -2.32. The molecule has 2 fully saturated rings. The Bertz CT molecular complexity index is 579. The van der Waals surface area contributed by atoms with Crippen LogP contribution in [0, 0.1) is 16.7 Å². The van der Waals surface area contributed by atoms with Gasteiger partial charge in [0, 0.05) is 16.1 Å². The van der Waals surface area contributed by atoms with Crippen LogP contribution in [-0.2, 0) is 9.59 Å². The molecule has 3 rings (SSSR count). The summed E-state index contributed by atoms with van der Waals surface area (Å²) in [6, 6.07) is 6.97. The van der Waals surface area contributed by atoms with E-state index in [2.05, 4.69) is 5.32 Å². The van der Waals surface area contributed by atoms with Gasteiger partial charge < -0.3 is 5.32 Å². The van der Waals surface area contributed by atoms with Crippen LogP contribution in [0.4, 0.5) is 5.69 Å². The molecule has 1 aromatic rings. The first-order valence-electron chi connectivity index (χ1n) is 6.98. The number of Topliss-reactive ketones (excluding diaryl/α,β-unsaturated/α-hetero) is 1. The molecule has 1 amide bonds. The molecule has 1 aromatic carbocycles. The van der Waals surface area contributed by atoms with Crippen molar-refractivity contribution in [2.75, 3.05) is 5.32 Å². The van der Waals surface area contributed by atoms with Crippen molar-refractivity contribution in [2.45, 2.75) is 33.1 Å². The first-order valence-corrected chi connectivity index (χ1v) is 7.36. The van der Waals surface area contributed by atoms with E-state index in [1.165, 1.54) is 0 Å². The lowest BCUT2D eigenvalue weighted by Crippen LogP contribution is -2.44. The maximum Gasteiger partial charge on any atom is 0.238 e. The number of carbonyl (C=O) groups is 2. The number of fused-ring (bicyclic) bond motifs is 2. The van der Waals surface area contributed by atoms with Crippen molar-refractivity contribution in [3.8, 4) is 0 Å². The highest BCUT2D eigenvalue weighted by molar-refractivity contribution is 6.30. The topological polar surface area (TPSA) is 46.2 Å². The van der Waals surface area contributed by atoms with Crippen LogP contribution in [0.25, 0.3) is 0 Å². The number of ketones is 1. The predicted octanol–water partition coefficient (Wildman–Crippen LogP) is 3.67. The van der Waals surface area contributed by atoms with Gasteiger partial charge in [-0.25, -0.2) is 0 Å². The normalized spacial score (nSPS) is 30.6. The number of hydrogen-bond donors (Lipinski definition) is 1. The molecule has 20 heavy (non-hydrogen) atoms. The van der Waals surface area contributed by atoms with Crippen LogP contribution < -0.4 is 5.32 Å². The van der Waals surface area contributed by atoms with Crippen LogP contribution in [-0.4, -0.2) is 11.7 Å². The third kappa shape index (κ3) is 1.80. The van der Waals surface area contributed by atoms with Gasteiger partial charge in [-0.15, -0.1) is 0 Å². The van der Waals surface area contributed by atoms with Gasteiger partial charge in [0.05, 0.1) is 0 Å². The summed E-state index contributed by atoms with van der Waals surface area (Å²) in [5, 5.41) is 3.50. The summed E-state index contributed by atoms with van der Waals surface area (Å²) in [5.41, 5.74) is -0.488. The monoisotopic (exact) mass is 291 g/mol. The molecule has 2 aliphatic rings. The highest BCUT2D eigenvalue weighted by Gasteiger charge is 2.64. The number of nitrogens with one attached hydrogen (secondary N) is 1. The number of rotatable bonds is 2. The third-order valence-corrected chi connectivity index (χ3v) is 5.34. The fourth-order valence-electron chi connectivity index (χ4n) is 3.76. The molecule has 2 atom stereocenters. The Balaban J connectivity index is 1.84. The molecule has 4 heteroatoms. The number of anilines is 1. The molecule has 2 bridgehead atoms. The van der Waals surface area contributed by atoms with Crippen LogP contribution in [0.3, 0.4) is 0 Å². The van der Waals surface area contributed by atoms with Gasteiger partial charge in [0.15, 0.2) is 5.78 Å². The van der Waals surface area contributed by atoms with Crippen molar-refractivity contribution in [3.05, 3.63) is 29.3 Å².